The molecular formula is C13H20ClN5. The third kappa shape index (κ3) is 2.84. The Morgan fingerprint density at radius 1 is 1.37 bits per heavy atom. The van der Waals surface area contributed by atoms with Crippen LogP contribution < -0.4 is 11.3 Å². The summed E-state index contributed by atoms with van der Waals surface area (Å²) in [5.74, 6) is 6.06. The number of anilines is 1. The summed E-state index contributed by atoms with van der Waals surface area (Å²) in [5, 5.41) is 0.716. The molecule has 0 saturated carbocycles. The second-order valence-corrected chi connectivity index (χ2v) is 5.74. The minimum absolute atomic E-state index is 0.666. The number of rotatable bonds is 3. The third-order valence-corrected chi connectivity index (χ3v) is 4.46. The van der Waals surface area contributed by atoms with Gasteiger partial charge in [0, 0.05) is 32.2 Å². The van der Waals surface area contributed by atoms with E-state index in [1.807, 2.05) is 6.07 Å². The molecule has 0 aromatic carbocycles. The van der Waals surface area contributed by atoms with Crippen LogP contribution >= 0.6 is 11.6 Å². The number of nitrogens with one attached hydrogen (secondary N) is 1. The van der Waals surface area contributed by atoms with Crippen LogP contribution in [0.4, 0.5) is 5.82 Å². The van der Waals surface area contributed by atoms with E-state index in [4.69, 9.17) is 17.4 Å². The molecule has 1 unspecified atom stereocenters. The number of nitrogens with two attached hydrogens (primary N) is 1. The molecule has 2 saturated heterocycles. The molecule has 2 aliphatic heterocycles. The lowest BCUT2D eigenvalue weighted by Gasteiger charge is -2.37. The van der Waals surface area contributed by atoms with E-state index in [2.05, 4.69) is 20.2 Å². The van der Waals surface area contributed by atoms with Crippen molar-refractivity contribution in [1.82, 2.24) is 14.8 Å². The van der Waals surface area contributed by atoms with E-state index < -0.39 is 0 Å². The summed E-state index contributed by atoms with van der Waals surface area (Å²) in [4.78, 5) is 9.49. The lowest BCUT2D eigenvalue weighted by molar-refractivity contribution is 0.0985. The van der Waals surface area contributed by atoms with E-state index >= 15 is 0 Å². The van der Waals surface area contributed by atoms with Gasteiger partial charge in [0.05, 0.1) is 10.7 Å². The summed E-state index contributed by atoms with van der Waals surface area (Å²) in [7, 11) is 0. The maximum Gasteiger partial charge on any atom is 0.140 e. The average molecular weight is 282 g/mol. The van der Waals surface area contributed by atoms with Gasteiger partial charge in [0.25, 0.3) is 0 Å². The molecule has 0 radical (unpaired) electrons. The van der Waals surface area contributed by atoms with Crippen LogP contribution in [0.25, 0.3) is 0 Å². The average Bonchev–Trinajstić information content (AvgIpc) is 2.89. The standard InChI is InChI=1S/C13H20ClN5/c14-11-3-4-13(17-15)16-12(11)9-18-6-7-19-5-1-2-10(19)8-18/h3-4,10H,1-2,5-9,15H2,(H,16,17). The molecule has 5 nitrogen and oxygen atoms in total. The van der Waals surface area contributed by atoms with Crippen molar-refractivity contribution in [2.75, 3.05) is 31.6 Å². The maximum absolute atomic E-state index is 6.22. The molecule has 104 valence electrons. The Bertz CT molecular complexity index is 453. The first-order valence-corrected chi connectivity index (χ1v) is 7.22. The Labute approximate surface area is 118 Å². The van der Waals surface area contributed by atoms with Crippen molar-refractivity contribution >= 4 is 17.4 Å². The van der Waals surface area contributed by atoms with Crippen LogP contribution in [-0.4, -0.2) is 47.0 Å². The molecule has 19 heavy (non-hydrogen) atoms. The largest absolute Gasteiger partial charge is 0.308 e. The number of hydrogen-bond acceptors (Lipinski definition) is 5. The molecule has 0 aliphatic carbocycles. The minimum Gasteiger partial charge on any atom is -0.308 e. The van der Waals surface area contributed by atoms with Crippen LogP contribution in [0.3, 0.4) is 0 Å². The number of nitrogens with zero attached hydrogens (tertiary/aromatic N) is 3. The summed E-state index contributed by atoms with van der Waals surface area (Å²) in [6, 6.07) is 4.37. The number of aromatic nitrogens is 1. The molecule has 2 fully saturated rings. The van der Waals surface area contributed by atoms with E-state index in [1.54, 1.807) is 6.07 Å². The maximum atomic E-state index is 6.22. The molecule has 1 atom stereocenters. The van der Waals surface area contributed by atoms with Crippen LogP contribution in [0.2, 0.25) is 5.02 Å². The van der Waals surface area contributed by atoms with Gasteiger partial charge in [-0.25, -0.2) is 10.8 Å². The van der Waals surface area contributed by atoms with Gasteiger partial charge in [-0.2, -0.15) is 0 Å². The van der Waals surface area contributed by atoms with Crippen molar-refractivity contribution in [3.63, 3.8) is 0 Å². The SMILES string of the molecule is NNc1ccc(Cl)c(CN2CCN3CCCC3C2)n1. The number of halogens is 1. The van der Waals surface area contributed by atoms with E-state index in [1.165, 1.54) is 19.4 Å². The van der Waals surface area contributed by atoms with Gasteiger partial charge in [-0.1, -0.05) is 11.6 Å². The molecular weight excluding hydrogens is 262 g/mol. The highest BCUT2D eigenvalue weighted by molar-refractivity contribution is 6.31. The molecule has 3 heterocycles. The van der Waals surface area contributed by atoms with E-state index in [0.29, 0.717) is 10.8 Å². The van der Waals surface area contributed by atoms with Gasteiger partial charge < -0.3 is 5.43 Å². The number of hydrazine groups is 1. The van der Waals surface area contributed by atoms with Gasteiger partial charge in [0.1, 0.15) is 5.82 Å². The Morgan fingerprint density at radius 3 is 3.11 bits per heavy atom. The second-order valence-electron chi connectivity index (χ2n) is 5.34. The van der Waals surface area contributed by atoms with Gasteiger partial charge in [0.2, 0.25) is 0 Å². The van der Waals surface area contributed by atoms with E-state index in [0.717, 1.165) is 37.9 Å². The van der Waals surface area contributed by atoms with Crippen molar-refractivity contribution in [3.8, 4) is 0 Å². The van der Waals surface area contributed by atoms with E-state index in [-0.39, 0.29) is 0 Å². The van der Waals surface area contributed by atoms with Crippen LogP contribution in [0.5, 0.6) is 0 Å². The van der Waals surface area contributed by atoms with Crippen LogP contribution in [-0.2, 0) is 6.54 Å². The highest BCUT2D eigenvalue weighted by Gasteiger charge is 2.30. The minimum atomic E-state index is 0.666. The van der Waals surface area contributed by atoms with Gasteiger partial charge >= 0.3 is 0 Å². The number of fused-ring (bicyclic) bond motifs is 1. The molecule has 1 aromatic rings. The third-order valence-electron chi connectivity index (χ3n) is 4.11. The first kappa shape index (κ1) is 13.1. The fourth-order valence-electron chi connectivity index (χ4n) is 3.09. The Balaban J connectivity index is 1.68. The summed E-state index contributed by atoms with van der Waals surface area (Å²) in [6.45, 7) is 5.45. The van der Waals surface area contributed by atoms with Crippen LogP contribution in [0.15, 0.2) is 12.1 Å². The zero-order valence-electron chi connectivity index (χ0n) is 11.0. The first-order valence-electron chi connectivity index (χ1n) is 6.84. The number of piperazine rings is 1. The van der Waals surface area contributed by atoms with Gasteiger partial charge in [0.15, 0.2) is 0 Å². The van der Waals surface area contributed by atoms with Gasteiger partial charge in [-0.05, 0) is 31.5 Å². The lowest BCUT2D eigenvalue weighted by atomic mass is 10.1. The Hall–Kier alpha value is -0.880. The molecule has 6 heteroatoms. The number of pyridine rings is 1. The second kappa shape index (κ2) is 5.63. The predicted octanol–water partition coefficient (Wildman–Crippen LogP) is 1.30. The zero-order chi connectivity index (χ0) is 13.2. The Morgan fingerprint density at radius 2 is 2.26 bits per heavy atom. The summed E-state index contributed by atoms with van der Waals surface area (Å²) in [6.07, 6.45) is 2.66. The quantitative estimate of drug-likeness (QED) is 0.646. The molecule has 0 amide bonds. The molecule has 3 N–H and O–H groups in total. The topological polar surface area (TPSA) is 57.4 Å². The van der Waals surface area contributed by atoms with Crippen molar-refractivity contribution in [2.24, 2.45) is 5.84 Å². The Kier molecular flexibility index (Phi) is 3.88. The fourth-order valence-corrected chi connectivity index (χ4v) is 3.25. The zero-order valence-corrected chi connectivity index (χ0v) is 11.7. The highest BCUT2D eigenvalue weighted by Crippen LogP contribution is 2.24. The molecule has 2 aliphatic rings. The summed E-state index contributed by atoms with van der Waals surface area (Å²) in [5.41, 5.74) is 3.48. The predicted molar refractivity (Wildman–Crippen MR) is 76.9 cm³/mol. The van der Waals surface area contributed by atoms with Crippen molar-refractivity contribution in [2.45, 2.75) is 25.4 Å². The van der Waals surface area contributed by atoms with Crippen LogP contribution in [0, 0.1) is 0 Å². The first-order chi connectivity index (χ1) is 9.26. The monoisotopic (exact) mass is 281 g/mol. The fraction of sp³-hybridized carbons (Fsp3) is 0.615. The highest BCUT2D eigenvalue weighted by atomic mass is 35.5. The van der Waals surface area contributed by atoms with Gasteiger partial charge in [-0.15, -0.1) is 0 Å². The summed E-state index contributed by atoms with van der Waals surface area (Å²) >= 11 is 6.22. The molecule has 1 aromatic heterocycles. The molecule has 0 spiro atoms. The number of nitrogen functional groups attached to an aromatic ring is 1. The molecule has 0 bridgehead atoms. The number of hydrogen-bond donors (Lipinski definition) is 2. The van der Waals surface area contributed by atoms with E-state index in [9.17, 15) is 0 Å². The molecule has 3 rings (SSSR count). The van der Waals surface area contributed by atoms with Crippen molar-refractivity contribution in [3.05, 3.63) is 22.8 Å². The van der Waals surface area contributed by atoms with Crippen LogP contribution in [0.1, 0.15) is 18.5 Å². The summed E-state index contributed by atoms with van der Waals surface area (Å²) < 4.78 is 0. The van der Waals surface area contributed by atoms with Gasteiger partial charge in [-0.3, -0.25) is 9.80 Å². The van der Waals surface area contributed by atoms with Crippen molar-refractivity contribution in [1.29, 1.82) is 0 Å². The normalized spacial score (nSPS) is 24.4. The smallest absolute Gasteiger partial charge is 0.140 e. The van der Waals surface area contributed by atoms with Crippen molar-refractivity contribution < 1.29 is 0 Å². The lowest BCUT2D eigenvalue weighted by Crippen LogP contribution is -2.49.